The van der Waals surface area contributed by atoms with Crippen molar-refractivity contribution >= 4 is 16.9 Å². The van der Waals surface area contributed by atoms with Gasteiger partial charge in [-0.05, 0) is 0 Å². The number of hydrogen-bond acceptors (Lipinski definition) is 4. The molecule has 0 saturated heterocycles. The molecule has 5 heteroatoms. The van der Waals surface area contributed by atoms with Crippen molar-refractivity contribution in [3.05, 3.63) is 22.8 Å². The molecule has 0 spiro atoms. The van der Waals surface area contributed by atoms with Gasteiger partial charge in [0.2, 0.25) is 0 Å². The van der Waals surface area contributed by atoms with Crippen LogP contribution in [-0.4, -0.2) is 44.8 Å². The summed E-state index contributed by atoms with van der Waals surface area (Å²) >= 11 is 1.65. The quantitative estimate of drug-likeness (QED) is 0.766. The molecule has 0 saturated carbocycles. The SMILES string of the molecule is COc1cc(C(OC)C(C)[AsH2])c(OC)c2c1CCOC2. The Kier molecular flexibility index (Phi) is 5.36. The van der Waals surface area contributed by atoms with Crippen LogP contribution < -0.4 is 9.47 Å². The van der Waals surface area contributed by atoms with Crippen LogP contribution in [-0.2, 0) is 22.5 Å². The van der Waals surface area contributed by atoms with E-state index in [1.54, 1.807) is 38.2 Å². The first kappa shape index (κ1) is 15.7. The summed E-state index contributed by atoms with van der Waals surface area (Å²) in [6, 6.07) is 2.06. The number of benzene rings is 1. The van der Waals surface area contributed by atoms with Crippen LogP contribution >= 0.6 is 0 Å². The molecule has 1 aliphatic heterocycles. The Labute approximate surface area is 129 Å². The minimum atomic E-state index is 0.00563. The Bertz CT molecular complexity index is 473. The Morgan fingerprint density at radius 3 is 2.50 bits per heavy atom. The molecule has 0 fully saturated rings. The number of hydrogen-bond donors (Lipinski definition) is 0. The zero-order chi connectivity index (χ0) is 14.7. The molecule has 0 amide bonds. The molecule has 20 heavy (non-hydrogen) atoms. The first-order valence-electron chi connectivity index (χ1n) is 6.76. The standard InChI is InChI=1S/C15H23AsO4/c1-9(16)14(18-3)11-7-13(17-2)10-5-6-20-8-12(10)15(11)19-4/h7,9,14H,5-6,8,16H2,1-4H3. The first-order chi connectivity index (χ1) is 9.63. The van der Waals surface area contributed by atoms with E-state index in [9.17, 15) is 0 Å². The molecule has 0 radical (unpaired) electrons. The van der Waals surface area contributed by atoms with Gasteiger partial charge in [0.1, 0.15) is 0 Å². The molecule has 1 aromatic carbocycles. The maximum atomic E-state index is 5.67. The number of rotatable bonds is 5. The summed E-state index contributed by atoms with van der Waals surface area (Å²) in [7, 11) is 5.16. The molecular formula is C15H23AsO4. The molecular weight excluding hydrogens is 319 g/mol. The maximum absolute atomic E-state index is 5.67. The Balaban J connectivity index is 2.61. The third kappa shape index (κ3) is 2.83. The number of methoxy groups -OCH3 is 3. The van der Waals surface area contributed by atoms with Gasteiger partial charge in [-0.25, -0.2) is 0 Å². The molecule has 3 unspecified atom stereocenters. The Morgan fingerprint density at radius 1 is 1.20 bits per heavy atom. The van der Waals surface area contributed by atoms with Crippen molar-refractivity contribution in [3.8, 4) is 11.5 Å². The van der Waals surface area contributed by atoms with E-state index < -0.39 is 0 Å². The minimum absolute atomic E-state index is 0.00563. The van der Waals surface area contributed by atoms with E-state index in [0.717, 1.165) is 35.7 Å². The molecule has 0 bridgehead atoms. The zero-order valence-corrected chi connectivity index (χ0v) is 15.0. The summed E-state index contributed by atoms with van der Waals surface area (Å²) in [4.78, 5) is 0. The molecule has 1 aliphatic rings. The van der Waals surface area contributed by atoms with Gasteiger partial charge in [0.05, 0.1) is 0 Å². The summed E-state index contributed by atoms with van der Waals surface area (Å²) in [6.45, 7) is 3.46. The van der Waals surface area contributed by atoms with Gasteiger partial charge in [-0.3, -0.25) is 0 Å². The third-order valence-corrected chi connectivity index (χ3v) is 4.42. The second-order valence-electron chi connectivity index (χ2n) is 4.98. The van der Waals surface area contributed by atoms with Crippen molar-refractivity contribution in [3.63, 3.8) is 0 Å². The van der Waals surface area contributed by atoms with Gasteiger partial charge in [-0.1, -0.05) is 0 Å². The fraction of sp³-hybridized carbons (Fsp3) is 0.600. The topological polar surface area (TPSA) is 36.9 Å². The van der Waals surface area contributed by atoms with Crippen LogP contribution in [0.3, 0.4) is 0 Å². The number of ether oxygens (including phenoxy) is 4. The summed E-state index contributed by atoms with van der Waals surface area (Å²) in [5.41, 5.74) is 3.35. The second kappa shape index (κ2) is 6.84. The fourth-order valence-electron chi connectivity index (χ4n) is 2.79. The normalized spacial score (nSPS) is 17.2. The molecule has 3 atom stereocenters. The van der Waals surface area contributed by atoms with E-state index in [4.69, 9.17) is 18.9 Å². The van der Waals surface area contributed by atoms with Crippen molar-refractivity contribution < 1.29 is 18.9 Å². The van der Waals surface area contributed by atoms with Crippen LogP contribution in [0.2, 0.25) is 4.71 Å². The Morgan fingerprint density at radius 2 is 1.95 bits per heavy atom. The van der Waals surface area contributed by atoms with Crippen LogP contribution in [0.4, 0.5) is 0 Å². The van der Waals surface area contributed by atoms with Crippen molar-refractivity contribution in [2.75, 3.05) is 27.9 Å². The molecule has 2 rings (SSSR count). The summed E-state index contributed by atoms with van der Waals surface area (Å²) in [6.07, 6.45) is 0.865. The average molecular weight is 342 g/mol. The average Bonchev–Trinajstić information content (AvgIpc) is 2.46. The third-order valence-electron chi connectivity index (χ3n) is 3.69. The van der Waals surface area contributed by atoms with Crippen LogP contribution in [0.5, 0.6) is 11.5 Å². The predicted octanol–water partition coefficient (Wildman–Crippen LogP) is 1.91. The molecule has 0 aliphatic carbocycles. The second-order valence-corrected chi connectivity index (χ2v) is 7.18. The predicted molar refractivity (Wildman–Crippen MR) is 80.6 cm³/mol. The molecule has 0 aromatic heterocycles. The summed E-state index contributed by atoms with van der Waals surface area (Å²) < 4.78 is 22.9. The van der Waals surface area contributed by atoms with Crippen LogP contribution in [0.25, 0.3) is 0 Å². The van der Waals surface area contributed by atoms with Crippen molar-refractivity contribution in [1.82, 2.24) is 0 Å². The van der Waals surface area contributed by atoms with Gasteiger partial charge < -0.3 is 0 Å². The first-order valence-corrected chi connectivity index (χ1v) is 8.16. The van der Waals surface area contributed by atoms with Gasteiger partial charge in [-0.2, -0.15) is 0 Å². The van der Waals surface area contributed by atoms with E-state index in [1.165, 1.54) is 5.56 Å². The number of fused-ring (bicyclic) bond motifs is 1. The summed E-state index contributed by atoms with van der Waals surface area (Å²) in [5, 5.41) is 0. The molecule has 1 aromatic rings. The van der Waals surface area contributed by atoms with Crippen molar-refractivity contribution in [1.29, 1.82) is 0 Å². The molecule has 112 valence electrons. The van der Waals surface area contributed by atoms with Gasteiger partial charge in [0.25, 0.3) is 0 Å². The van der Waals surface area contributed by atoms with Crippen molar-refractivity contribution in [2.45, 2.75) is 30.8 Å². The van der Waals surface area contributed by atoms with E-state index >= 15 is 0 Å². The van der Waals surface area contributed by atoms with Gasteiger partial charge in [0.15, 0.2) is 0 Å². The van der Waals surface area contributed by atoms with E-state index in [-0.39, 0.29) is 6.10 Å². The van der Waals surface area contributed by atoms with Crippen molar-refractivity contribution in [2.24, 2.45) is 0 Å². The monoisotopic (exact) mass is 342 g/mol. The fourth-order valence-corrected chi connectivity index (χ4v) is 3.55. The zero-order valence-electron chi connectivity index (χ0n) is 12.6. The molecule has 4 nitrogen and oxygen atoms in total. The molecule has 1 heterocycles. The molecule has 0 N–H and O–H groups in total. The summed E-state index contributed by atoms with van der Waals surface area (Å²) in [5.74, 6) is 1.80. The van der Waals surface area contributed by atoms with Crippen LogP contribution in [0.1, 0.15) is 29.7 Å². The van der Waals surface area contributed by atoms with Gasteiger partial charge in [-0.15, -0.1) is 0 Å². The Hall–Kier alpha value is -0.702. The van der Waals surface area contributed by atoms with Crippen LogP contribution in [0.15, 0.2) is 6.07 Å². The van der Waals surface area contributed by atoms with Gasteiger partial charge in [0, 0.05) is 0 Å². The van der Waals surface area contributed by atoms with E-state index in [2.05, 4.69) is 13.0 Å². The van der Waals surface area contributed by atoms with Crippen LogP contribution in [0, 0.1) is 0 Å². The van der Waals surface area contributed by atoms with E-state index in [1.807, 2.05) is 0 Å². The van der Waals surface area contributed by atoms with Gasteiger partial charge >= 0.3 is 129 Å². The van der Waals surface area contributed by atoms with E-state index in [0.29, 0.717) is 11.3 Å².